The Hall–Kier alpha value is -2.26. The Bertz CT molecular complexity index is 912. The molecule has 8 heteroatoms. The van der Waals surface area contributed by atoms with E-state index in [0.717, 1.165) is 0 Å². The molecule has 134 valence electrons. The first-order valence-electron chi connectivity index (χ1n) is 7.68. The van der Waals surface area contributed by atoms with Gasteiger partial charge < -0.3 is 9.84 Å². The Morgan fingerprint density at radius 1 is 1.27 bits per heavy atom. The Labute approximate surface area is 168 Å². The van der Waals surface area contributed by atoms with Crippen molar-refractivity contribution in [2.24, 2.45) is 0 Å². The molecule has 2 aromatic carbocycles. The number of rotatable bonds is 4. The molecule has 2 N–H and O–H groups in total. The maximum Gasteiger partial charge on any atom is 0.282 e. The summed E-state index contributed by atoms with van der Waals surface area (Å²) in [7, 11) is 0. The fraction of sp³-hybridized carbons (Fsp3) is 0.111. The van der Waals surface area contributed by atoms with Gasteiger partial charge in [-0.2, -0.15) is 0 Å². The molecule has 1 aliphatic rings. The van der Waals surface area contributed by atoms with E-state index in [0.29, 0.717) is 32.2 Å². The van der Waals surface area contributed by atoms with Gasteiger partial charge in [0, 0.05) is 5.02 Å². The third-order valence-electron chi connectivity index (χ3n) is 3.64. The third kappa shape index (κ3) is 3.63. The molecule has 0 aromatic heterocycles. The molecule has 1 heterocycles. The first-order chi connectivity index (χ1) is 12.4. The second kappa shape index (κ2) is 7.55. The summed E-state index contributed by atoms with van der Waals surface area (Å²) in [5.74, 6) is -0.657. The van der Waals surface area contributed by atoms with Crippen LogP contribution in [-0.4, -0.2) is 23.5 Å². The van der Waals surface area contributed by atoms with Crippen LogP contribution >= 0.6 is 34.2 Å². The van der Waals surface area contributed by atoms with Crippen LogP contribution in [0.5, 0.6) is 11.5 Å². The van der Waals surface area contributed by atoms with Gasteiger partial charge in [-0.25, -0.2) is 5.01 Å². The van der Waals surface area contributed by atoms with Crippen molar-refractivity contribution < 1.29 is 19.4 Å². The van der Waals surface area contributed by atoms with E-state index < -0.39 is 11.8 Å². The van der Waals surface area contributed by atoms with Gasteiger partial charge in [0.2, 0.25) is 0 Å². The zero-order chi connectivity index (χ0) is 18.8. The number of amides is 2. The van der Waals surface area contributed by atoms with Gasteiger partial charge in [-0.15, -0.1) is 0 Å². The molecule has 6 nitrogen and oxygen atoms in total. The number of hydrogen-bond acceptors (Lipinski definition) is 4. The topological polar surface area (TPSA) is 78.9 Å². The SMILES string of the molecule is CCOc1cc(/C=C2\C(=O)NN(c3ccc(Cl)cc3)C2=O)cc(I)c1O. The quantitative estimate of drug-likeness (QED) is 0.396. The van der Waals surface area contributed by atoms with E-state index in [9.17, 15) is 14.7 Å². The molecule has 0 spiro atoms. The number of benzene rings is 2. The van der Waals surface area contributed by atoms with E-state index >= 15 is 0 Å². The molecule has 0 aliphatic carbocycles. The molecular weight excluding hydrogens is 471 g/mol. The van der Waals surface area contributed by atoms with Crippen LogP contribution in [0.15, 0.2) is 42.0 Å². The lowest BCUT2D eigenvalue weighted by atomic mass is 10.1. The fourth-order valence-corrected chi connectivity index (χ4v) is 3.19. The number of nitrogens with one attached hydrogen (secondary N) is 1. The van der Waals surface area contributed by atoms with Crippen LogP contribution in [0, 0.1) is 3.57 Å². The Kier molecular flexibility index (Phi) is 5.38. The standard InChI is InChI=1S/C18H14ClIN2O4/c1-2-26-15-9-10(8-14(20)16(15)23)7-13-17(24)21-22(18(13)25)12-5-3-11(19)4-6-12/h3-9,23H,2H2,1H3,(H,21,24)/b13-7+. The summed E-state index contributed by atoms with van der Waals surface area (Å²) in [6.45, 7) is 2.18. The summed E-state index contributed by atoms with van der Waals surface area (Å²) in [5, 5.41) is 11.7. The molecule has 1 aliphatic heterocycles. The zero-order valence-corrected chi connectivity index (χ0v) is 16.5. The molecule has 3 rings (SSSR count). The van der Waals surface area contributed by atoms with Crippen LogP contribution in [0.2, 0.25) is 5.02 Å². The summed E-state index contributed by atoms with van der Waals surface area (Å²) in [6, 6.07) is 9.79. The summed E-state index contributed by atoms with van der Waals surface area (Å²) in [5.41, 5.74) is 3.60. The number of hydrazine groups is 1. The Balaban J connectivity index is 1.95. The minimum Gasteiger partial charge on any atom is -0.504 e. The number of carbonyl (C=O) groups excluding carboxylic acids is 2. The van der Waals surface area contributed by atoms with Crippen molar-refractivity contribution in [2.75, 3.05) is 11.6 Å². The number of phenols is 1. The highest BCUT2D eigenvalue weighted by Gasteiger charge is 2.34. The lowest BCUT2D eigenvalue weighted by Gasteiger charge is -2.14. The van der Waals surface area contributed by atoms with E-state index in [4.69, 9.17) is 16.3 Å². The lowest BCUT2D eigenvalue weighted by Crippen LogP contribution is -2.35. The first-order valence-corrected chi connectivity index (χ1v) is 9.14. The molecule has 0 saturated carbocycles. The molecule has 1 saturated heterocycles. The summed E-state index contributed by atoms with van der Waals surface area (Å²) < 4.78 is 5.94. The van der Waals surface area contributed by atoms with E-state index in [1.807, 2.05) is 22.6 Å². The minimum atomic E-state index is -0.508. The number of aromatic hydroxyl groups is 1. The highest BCUT2D eigenvalue weighted by molar-refractivity contribution is 14.1. The van der Waals surface area contributed by atoms with Gasteiger partial charge in [-0.3, -0.25) is 15.0 Å². The number of carbonyl (C=O) groups is 2. The molecule has 0 bridgehead atoms. The highest BCUT2D eigenvalue weighted by atomic mass is 127. The molecule has 0 radical (unpaired) electrons. The van der Waals surface area contributed by atoms with Crippen molar-refractivity contribution in [3.05, 3.63) is 56.1 Å². The van der Waals surface area contributed by atoms with Gasteiger partial charge in [0.1, 0.15) is 5.57 Å². The molecule has 2 amide bonds. The number of ether oxygens (including phenoxy) is 1. The molecule has 2 aromatic rings. The predicted molar refractivity (Wildman–Crippen MR) is 107 cm³/mol. The zero-order valence-electron chi connectivity index (χ0n) is 13.6. The summed E-state index contributed by atoms with van der Waals surface area (Å²) in [6.07, 6.45) is 1.47. The number of anilines is 1. The highest BCUT2D eigenvalue weighted by Crippen LogP contribution is 2.34. The molecule has 0 atom stereocenters. The summed E-state index contributed by atoms with van der Waals surface area (Å²) in [4.78, 5) is 24.9. The van der Waals surface area contributed by atoms with E-state index in [1.165, 1.54) is 11.1 Å². The smallest absolute Gasteiger partial charge is 0.282 e. The maximum absolute atomic E-state index is 12.6. The van der Waals surface area contributed by atoms with Crippen molar-refractivity contribution in [1.82, 2.24) is 5.43 Å². The van der Waals surface area contributed by atoms with Crippen LogP contribution in [0.25, 0.3) is 6.08 Å². The summed E-state index contributed by atoms with van der Waals surface area (Å²) >= 11 is 7.81. The van der Waals surface area contributed by atoms with Gasteiger partial charge in [-0.1, -0.05) is 11.6 Å². The first kappa shape index (κ1) is 18.5. The average molecular weight is 485 g/mol. The monoisotopic (exact) mass is 484 g/mol. The van der Waals surface area contributed by atoms with Crippen LogP contribution in [0.4, 0.5) is 5.69 Å². The largest absolute Gasteiger partial charge is 0.504 e. The van der Waals surface area contributed by atoms with Gasteiger partial charge in [0.05, 0.1) is 15.9 Å². The molecule has 0 unspecified atom stereocenters. The van der Waals surface area contributed by atoms with Gasteiger partial charge in [0.15, 0.2) is 11.5 Å². The minimum absolute atomic E-state index is 0.0103. The maximum atomic E-state index is 12.6. The number of hydrogen-bond donors (Lipinski definition) is 2. The van der Waals surface area contributed by atoms with Crippen molar-refractivity contribution in [3.8, 4) is 11.5 Å². The number of nitrogens with zero attached hydrogens (tertiary/aromatic N) is 1. The third-order valence-corrected chi connectivity index (χ3v) is 4.71. The van der Waals surface area contributed by atoms with Gasteiger partial charge >= 0.3 is 0 Å². The van der Waals surface area contributed by atoms with Crippen LogP contribution in [0.1, 0.15) is 12.5 Å². The molecular formula is C18H14ClIN2O4. The van der Waals surface area contributed by atoms with Crippen molar-refractivity contribution in [2.45, 2.75) is 6.92 Å². The van der Waals surface area contributed by atoms with Crippen LogP contribution < -0.4 is 15.2 Å². The molecule has 1 fully saturated rings. The second-order valence-corrected chi connectivity index (χ2v) is 7.00. The van der Waals surface area contributed by atoms with Crippen LogP contribution in [0.3, 0.4) is 0 Å². The van der Waals surface area contributed by atoms with Gasteiger partial charge in [-0.05, 0) is 77.6 Å². The fourth-order valence-electron chi connectivity index (χ4n) is 2.44. The van der Waals surface area contributed by atoms with Crippen molar-refractivity contribution in [1.29, 1.82) is 0 Å². The Morgan fingerprint density at radius 3 is 2.62 bits per heavy atom. The predicted octanol–water partition coefficient (Wildman–Crippen LogP) is 3.51. The Morgan fingerprint density at radius 2 is 1.96 bits per heavy atom. The second-order valence-electron chi connectivity index (χ2n) is 5.40. The normalized spacial score (nSPS) is 15.5. The van der Waals surface area contributed by atoms with Crippen LogP contribution in [-0.2, 0) is 9.59 Å². The number of phenolic OH excluding ortho intramolecular Hbond substituents is 1. The van der Waals surface area contributed by atoms with E-state index in [-0.39, 0.29) is 11.3 Å². The van der Waals surface area contributed by atoms with E-state index in [2.05, 4.69) is 5.43 Å². The molecule has 26 heavy (non-hydrogen) atoms. The van der Waals surface area contributed by atoms with Crippen molar-refractivity contribution >= 4 is 57.8 Å². The lowest BCUT2D eigenvalue weighted by molar-refractivity contribution is -0.117. The number of halogens is 2. The van der Waals surface area contributed by atoms with Gasteiger partial charge in [0.25, 0.3) is 11.8 Å². The van der Waals surface area contributed by atoms with Crippen molar-refractivity contribution in [3.63, 3.8) is 0 Å². The van der Waals surface area contributed by atoms with E-state index in [1.54, 1.807) is 43.3 Å². The average Bonchev–Trinajstić information content (AvgIpc) is 2.88.